The van der Waals surface area contributed by atoms with E-state index in [-0.39, 0.29) is 17.8 Å². The van der Waals surface area contributed by atoms with Gasteiger partial charge in [-0.15, -0.1) is 0 Å². The molecule has 2 amide bonds. The van der Waals surface area contributed by atoms with E-state index in [1.54, 1.807) is 0 Å². The molecule has 0 aliphatic carbocycles. The van der Waals surface area contributed by atoms with E-state index >= 15 is 0 Å². The summed E-state index contributed by atoms with van der Waals surface area (Å²) in [6.07, 6.45) is -4.48. The molecule has 0 aliphatic rings. The van der Waals surface area contributed by atoms with Gasteiger partial charge in [0.25, 0.3) is 0 Å². The molecular formula is C13H15F3N2O3. The second-order valence-electron chi connectivity index (χ2n) is 4.39. The molecule has 2 N–H and O–H groups in total. The number of nitrogens with zero attached hydrogens (tertiary/aromatic N) is 1. The van der Waals surface area contributed by atoms with Crippen LogP contribution in [0.15, 0.2) is 18.2 Å². The van der Waals surface area contributed by atoms with Crippen molar-refractivity contribution in [1.82, 2.24) is 4.90 Å². The van der Waals surface area contributed by atoms with Gasteiger partial charge in [-0.25, -0.2) is 9.59 Å². The Morgan fingerprint density at radius 2 is 1.95 bits per heavy atom. The highest BCUT2D eigenvalue weighted by molar-refractivity contribution is 5.92. The number of rotatable bonds is 4. The monoisotopic (exact) mass is 304 g/mol. The molecule has 1 aromatic rings. The van der Waals surface area contributed by atoms with Crippen LogP contribution in [0.3, 0.4) is 0 Å². The van der Waals surface area contributed by atoms with E-state index in [0.717, 1.165) is 0 Å². The molecule has 5 nitrogen and oxygen atoms in total. The van der Waals surface area contributed by atoms with Crippen LogP contribution in [0.1, 0.15) is 22.8 Å². The maximum absolute atomic E-state index is 12.3. The van der Waals surface area contributed by atoms with Crippen molar-refractivity contribution in [2.24, 2.45) is 0 Å². The lowest BCUT2D eigenvalue weighted by molar-refractivity contribution is -0.139. The van der Waals surface area contributed by atoms with Crippen LogP contribution in [0.2, 0.25) is 0 Å². The lowest BCUT2D eigenvalue weighted by Gasteiger charge is -2.22. The van der Waals surface area contributed by atoms with E-state index in [1.165, 1.54) is 32.0 Å². The Kier molecular flexibility index (Phi) is 5.17. The van der Waals surface area contributed by atoms with E-state index in [1.807, 2.05) is 0 Å². The van der Waals surface area contributed by atoms with Gasteiger partial charge in [-0.1, -0.05) is 0 Å². The topological polar surface area (TPSA) is 69.6 Å². The summed E-state index contributed by atoms with van der Waals surface area (Å²) in [4.78, 5) is 23.2. The van der Waals surface area contributed by atoms with Gasteiger partial charge in [0.2, 0.25) is 0 Å². The predicted octanol–water partition coefficient (Wildman–Crippen LogP) is 3.11. The summed E-state index contributed by atoms with van der Waals surface area (Å²) in [6.45, 7) is 1.52. The fourth-order valence-electron chi connectivity index (χ4n) is 1.73. The number of halogens is 3. The third kappa shape index (κ3) is 4.97. The molecule has 0 spiro atoms. The number of urea groups is 1. The molecule has 0 saturated carbocycles. The number of alkyl halides is 3. The molecule has 0 heterocycles. The maximum atomic E-state index is 12.3. The number of carbonyl (C=O) groups excluding carboxylic acids is 1. The Hall–Kier alpha value is -2.25. The first-order chi connectivity index (χ1) is 9.64. The lowest BCUT2D eigenvalue weighted by atomic mass is 10.1. The van der Waals surface area contributed by atoms with Crippen LogP contribution < -0.4 is 5.32 Å². The molecular weight excluding hydrogens is 289 g/mol. The summed E-state index contributed by atoms with van der Waals surface area (Å²) in [6, 6.07) is 3.11. The van der Waals surface area contributed by atoms with Crippen LogP contribution >= 0.6 is 0 Å². The van der Waals surface area contributed by atoms with Crippen molar-refractivity contribution >= 4 is 17.7 Å². The Morgan fingerprint density at radius 3 is 2.38 bits per heavy atom. The number of carbonyl (C=O) groups is 2. The summed E-state index contributed by atoms with van der Waals surface area (Å²) in [5, 5.41) is 11.2. The van der Waals surface area contributed by atoms with Crippen molar-refractivity contribution in [3.63, 3.8) is 0 Å². The van der Waals surface area contributed by atoms with Crippen molar-refractivity contribution in [2.75, 3.05) is 18.4 Å². The van der Waals surface area contributed by atoms with Crippen LogP contribution in [0, 0.1) is 6.92 Å². The quantitative estimate of drug-likeness (QED) is 0.898. The number of amides is 2. The summed E-state index contributed by atoms with van der Waals surface area (Å²) < 4.78 is 36.9. The zero-order chi connectivity index (χ0) is 16.2. The van der Waals surface area contributed by atoms with Gasteiger partial charge in [0, 0.05) is 12.2 Å². The Labute approximate surface area is 119 Å². The summed E-state index contributed by atoms with van der Waals surface area (Å²) in [7, 11) is 0. The number of anilines is 1. The second kappa shape index (κ2) is 6.47. The fraction of sp³-hybridized carbons (Fsp3) is 0.385. The normalized spacial score (nSPS) is 11.1. The van der Waals surface area contributed by atoms with Crippen molar-refractivity contribution in [3.8, 4) is 0 Å². The molecule has 0 unspecified atom stereocenters. The van der Waals surface area contributed by atoms with Crippen molar-refractivity contribution in [1.29, 1.82) is 0 Å². The minimum atomic E-state index is -4.48. The van der Waals surface area contributed by atoms with Gasteiger partial charge in [-0.3, -0.25) is 0 Å². The molecule has 1 aromatic carbocycles. The van der Waals surface area contributed by atoms with Crippen LogP contribution in [0.5, 0.6) is 0 Å². The van der Waals surface area contributed by atoms with Crippen molar-refractivity contribution in [2.45, 2.75) is 20.0 Å². The van der Waals surface area contributed by atoms with Gasteiger partial charge in [-0.2, -0.15) is 13.2 Å². The maximum Gasteiger partial charge on any atom is 0.406 e. The molecule has 21 heavy (non-hydrogen) atoms. The standard InChI is InChI=1S/C13H15F3N2O3/c1-3-18(7-13(14,15)16)12(21)17-9-4-5-10(11(19)20)8(2)6-9/h4-6H,3,7H2,1-2H3,(H,17,21)(H,19,20). The van der Waals surface area contributed by atoms with E-state index < -0.39 is 24.7 Å². The fourth-order valence-corrected chi connectivity index (χ4v) is 1.73. The molecule has 0 fully saturated rings. The second-order valence-corrected chi connectivity index (χ2v) is 4.39. The molecule has 0 aromatic heterocycles. The number of carboxylic acids is 1. The average molecular weight is 304 g/mol. The lowest BCUT2D eigenvalue weighted by Crippen LogP contribution is -2.41. The van der Waals surface area contributed by atoms with E-state index in [4.69, 9.17) is 5.11 Å². The molecule has 0 atom stereocenters. The molecule has 0 saturated heterocycles. The highest BCUT2D eigenvalue weighted by atomic mass is 19.4. The Balaban J connectivity index is 2.82. The van der Waals surface area contributed by atoms with Crippen molar-refractivity contribution in [3.05, 3.63) is 29.3 Å². The van der Waals surface area contributed by atoms with Gasteiger partial charge in [0.1, 0.15) is 6.54 Å². The number of carboxylic acid groups (broad SMARTS) is 1. The Bertz CT molecular complexity index is 544. The van der Waals surface area contributed by atoms with Gasteiger partial charge in [0.15, 0.2) is 0 Å². The summed E-state index contributed by atoms with van der Waals surface area (Å²) in [5.41, 5.74) is 0.706. The molecule has 0 radical (unpaired) electrons. The third-order valence-electron chi connectivity index (χ3n) is 2.75. The first kappa shape index (κ1) is 16.8. The highest BCUT2D eigenvalue weighted by Gasteiger charge is 2.32. The molecule has 8 heteroatoms. The van der Waals surface area contributed by atoms with Gasteiger partial charge < -0.3 is 15.3 Å². The molecule has 1 rings (SSSR count). The molecule has 116 valence electrons. The number of hydrogen-bond donors (Lipinski definition) is 2. The number of aryl methyl sites for hydroxylation is 1. The summed E-state index contributed by atoms with van der Waals surface area (Å²) >= 11 is 0. The van der Waals surface area contributed by atoms with Crippen LogP contribution in [-0.4, -0.2) is 41.3 Å². The number of benzene rings is 1. The Morgan fingerprint density at radius 1 is 1.33 bits per heavy atom. The largest absolute Gasteiger partial charge is 0.478 e. The SMILES string of the molecule is CCN(CC(F)(F)F)C(=O)Nc1ccc(C(=O)O)c(C)c1. The van der Waals surface area contributed by atoms with Crippen LogP contribution in [0.25, 0.3) is 0 Å². The zero-order valence-electron chi connectivity index (χ0n) is 11.5. The minimum absolute atomic E-state index is 0.0654. The zero-order valence-corrected chi connectivity index (χ0v) is 11.5. The van der Waals surface area contributed by atoms with Crippen LogP contribution in [-0.2, 0) is 0 Å². The smallest absolute Gasteiger partial charge is 0.406 e. The van der Waals surface area contributed by atoms with Crippen LogP contribution in [0.4, 0.5) is 23.7 Å². The van der Waals surface area contributed by atoms with Crippen molar-refractivity contribution < 1.29 is 27.9 Å². The molecule has 0 aliphatic heterocycles. The van der Waals surface area contributed by atoms with Gasteiger partial charge in [-0.05, 0) is 37.6 Å². The number of nitrogens with one attached hydrogen (secondary N) is 1. The predicted molar refractivity (Wildman–Crippen MR) is 70.5 cm³/mol. The molecule has 0 bridgehead atoms. The van der Waals surface area contributed by atoms with Gasteiger partial charge >= 0.3 is 18.2 Å². The van der Waals surface area contributed by atoms with E-state index in [9.17, 15) is 22.8 Å². The van der Waals surface area contributed by atoms with Gasteiger partial charge in [0.05, 0.1) is 5.56 Å². The number of aromatic carboxylic acids is 1. The third-order valence-corrected chi connectivity index (χ3v) is 2.75. The first-order valence-corrected chi connectivity index (χ1v) is 6.10. The minimum Gasteiger partial charge on any atom is -0.478 e. The van der Waals surface area contributed by atoms with E-state index in [0.29, 0.717) is 10.5 Å². The summed E-state index contributed by atoms with van der Waals surface area (Å²) in [5.74, 6) is -1.11. The van der Waals surface area contributed by atoms with E-state index in [2.05, 4.69) is 5.32 Å². The highest BCUT2D eigenvalue weighted by Crippen LogP contribution is 2.19. The number of hydrogen-bond acceptors (Lipinski definition) is 2. The first-order valence-electron chi connectivity index (χ1n) is 6.10. The average Bonchev–Trinajstić information content (AvgIpc) is 2.34.